The minimum Gasteiger partial charge on any atom is -0.469 e. The van der Waals surface area contributed by atoms with Crippen molar-refractivity contribution in [3.8, 4) is 5.75 Å². The summed E-state index contributed by atoms with van der Waals surface area (Å²) in [5.74, 6) is -1.48. The maximum atomic E-state index is 12.3. The second-order valence-corrected chi connectivity index (χ2v) is 3.78. The zero-order valence-electron chi connectivity index (χ0n) is 11.0. The summed E-state index contributed by atoms with van der Waals surface area (Å²) in [6.07, 6.45) is 0.385. The lowest BCUT2D eigenvalue weighted by molar-refractivity contribution is -0.140. The van der Waals surface area contributed by atoms with E-state index >= 15 is 0 Å². The molecule has 0 spiro atoms. The minimum atomic E-state index is -3.06. The maximum absolute atomic E-state index is 12.3. The monoisotopic (exact) mass is 288 g/mol. The average molecular weight is 288 g/mol. The number of aryl methyl sites for hydroxylation is 1. The van der Waals surface area contributed by atoms with Gasteiger partial charge in [0, 0.05) is 6.42 Å². The summed E-state index contributed by atoms with van der Waals surface area (Å²) in [6, 6.07) is 4.13. The number of alkyl halides is 2. The zero-order chi connectivity index (χ0) is 15.1. The molecule has 0 aliphatic rings. The van der Waals surface area contributed by atoms with E-state index in [-0.39, 0.29) is 24.2 Å². The third kappa shape index (κ3) is 4.49. The molecule has 0 aliphatic heterocycles. The number of ether oxygens (including phenoxy) is 3. The summed E-state index contributed by atoms with van der Waals surface area (Å²) in [5.41, 5.74) is 0.466. The van der Waals surface area contributed by atoms with Gasteiger partial charge in [0.2, 0.25) is 0 Å². The number of hydrogen-bond acceptors (Lipinski definition) is 5. The highest BCUT2D eigenvalue weighted by molar-refractivity contribution is 5.92. The number of halogens is 2. The highest BCUT2D eigenvalue weighted by Gasteiger charge is 2.17. The molecule has 0 saturated carbocycles. The Hall–Kier alpha value is -2.18. The van der Waals surface area contributed by atoms with E-state index in [9.17, 15) is 18.4 Å². The van der Waals surface area contributed by atoms with Gasteiger partial charge in [-0.1, -0.05) is 6.07 Å². The Morgan fingerprint density at radius 2 is 1.90 bits per heavy atom. The van der Waals surface area contributed by atoms with Crippen LogP contribution in [0.4, 0.5) is 8.78 Å². The van der Waals surface area contributed by atoms with Gasteiger partial charge in [0.15, 0.2) is 0 Å². The molecule has 1 aromatic rings. The summed E-state index contributed by atoms with van der Waals surface area (Å²) >= 11 is 0. The molecule has 1 aromatic carbocycles. The first kappa shape index (κ1) is 15.9. The molecule has 0 fully saturated rings. The molecule has 0 atom stereocenters. The molecule has 0 N–H and O–H groups in total. The fraction of sp³-hybridized carbons (Fsp3) is 0.385. The molecule has 0 aromatic heterocycles. The van der Waals surface area contributed by atoms with E-state index in [1.807, 2.05) is 0 Å². The van der Waals surface area contributed by atoms with E-state index in [1.54, 1.807) is 0 Å². The molecule has 0 bridgehead atoms. The number of benzene rings is 1. The maximum Gasteiger partial charge on any atom is 0.387 e. The quantitative estimate of drug-likeness (QED) is 0.751. The number of carbonyl (C=O) groups is 2. The molecular weight excluding hydrogens is 274 g/mol. The lowest BCUT2D eigenvalue weighted by atomic mass is 10.1. The summed E-state index contributed by atoms with van der Waals surface area (Å²) in [7, 11) is 2.40. The van der Waals surface area contributed by atoms with Crippen LogP contribution in [0.15, 0.2) is 18.2 Å². The van der Waals surface area contributed by atoms with Crippen LogP contribution in [-0.2, 0) is 20.7 Å². The Morgan fingerprint density at radius 3 is 2.45 bits per heavy atom. The summed E-state index contributed by atoms with van der Waals surface area (Å²) in [6.45, 7) is -3.06. The number of methoxy groups -OCH3 is 2. The van der Waals surface area contributed by atoms with Crippen LogP contribution in [-0.4, -0.2) is 32.8 Å². The van der Waals surface area contributed by atoms with Crippen molar-refractivity contribution in [3.63, 3.8) is 0 Å². The summed E-state index contributed by atoms with van der Waals surface area (Å²) in [5, 5.41) is 0. The number of hydrogen-bond donors (Lipinski definition) is 0. The van der Waals surface area contributed by atoms with E-state index < -0.39 is 18.6 Å². The van der Waals surface area contributed by atoms with Gasteiger partial charge >= 0.3 is 18.6 Å². The lowest BCUT2D eigenvalue weighted by Crippen LogP contribution is -2.10. The van der Waals surface area contributed by atoms with Crippen LogP contribution >= 0.6 is 0 Å². The standard InChI is InChI=1S/C13H14F2O5/c1-18-11(16)6-4-8-3-5-9(12(17)19-2)10(7-8)20-13(14)15/h3,5,7,13H,4,6H2,1-2H3. The van der Waals surface area contributed by atoms with Crippen LogP contribution in [0.25, 0.3) is 0 Å². The van der Waals surface area contributed by atoms with Crippen LogP contribution in [0.1, 0.15) is 22.3 Å². The van der Waals surface area contributed by atoms with Crippen LogP contribution in [0, 0.1) is 0 Å². The second-order valence-electron chi connectivity index (χ2n) is 3.78. The van der Waals surface area contributed by atoms with Crippen molar-refractivity contribution in [1.29, 1.82) is 0 Å². The number of rotatable bonds is 6. The van der Waals surface area contributed by atoms with Gasteiger partial charge in [-0.25, -0.2) is 4.79 Å². The molecule has 110 valence electrons. The molecule has 0 unspecified atom stereocenters. The molecule has 20 heavy (non-hydrogen) atoms. The first-order chi connectivity index (χ1) is 9.47. The normalized spacial score (nSPS) is 10.2. The van der Waals surface area contributed by atoms with Crippen molar-refractivity contribution in [2.45, 2.75) is 19.5 Å². The smallest absolute Gasteiger partial charge is 0.387 e. The highest BCUT2D eigenvalue weighted by atomic mass is 19.3. The molecule has 0 heterocycles. The Labute approximate surface area is 114 Å². The predicted octanol–water partition coefficient (Wildman–Crippen LogP) is 2.18. The zero-order valence-corrected chi connectivity index (χ0v) is 11.0. The van der Waals surface area contributed by atoms with Crippen LogP contribution in [0.2, 0.25) is 0 Å². The van der Waals surface area contributed by atoms with Gasteiger partial charge < -0.3 is 14.2 Å². The van der Waals surface area contributed by atoms with Crippen molar-refractivity contribution in [1.82, 2.24) is 0 Å². The first-order valence-corrected chi connectivity index (χ1v) is 5.70. The third-order valence-corrected chi connectivity index (χ3v) is 2.51. The summed E-state index contributed by atoms with van der Waals surface area (Å²) in [4.78, 5) is 22.4. The largest absolute Gasteiger partial charge is 0.469 e. The number of esters is 2. The van der Waals surface area contributed by atoms with Crippen molar-refractivity contribution >= 4 is 11.9 Å². The van der Waals surface area contributed by atoms with Crippen LogP contribution in [0.5, 0.6) is 5.75 Å². The molecule has 5 nitrogen and oxygen atoms in total. The Bertz CT molecular complexity index is 488. The second kappa shape index (κ2) is 7.42. The van der Waals surface area contributed by atoms with Crippen LogP contribution in [0.3, 0.4) is 0 Å². The van der Waals surface area contributed by atoms with Gasteiger partial charge in [-0.05, 0) is 24.1 Å². The van der Waals surface area contributed by atoms with Gasteiger partial charge in [0.05, 0.1) is 14.2 Å². The van der Waals surface area contributed by atoms with E-state index in [0.29, 0.717) is 5.56 Å². The fourth-order valence-corrected chi connectivity index (χ4v) is 1.54. The Morgan fingerprint density at radius 1 is 1.20 bits per heavy atom. The van der Waals surface area contributed by atoms with E-state index in [0.717, 1.165) is 7.11 Å². The SMILES string of the molecule is COC(=O)CCc1ccc(C(=O)OC)c(OC(F)F)c1. The molecular formula is C13H14F2O5. The van der Waals surface area contributed by atoms with Gasteiger partial charge in [0.1, 0.15) is 11.3 Å². The minimum absolute atomic E-state index is 0.0994. The molecule has 0 amide bonds. The van der Waals surface area contributed by atoms with Crippen LogP contribution < -0.4 is 4.74 Å². The molecule has 7 heteroatoms. The topological polar surface area (TPSA) is 61.8 Å². The Balaban J connectivity index is 2.95. The van der Waals surface area contributed by atoms with E-state index in [4.69, 9.17) is 0 Å². The van der Waals surface area contributed by atoms with Crippen molar-refractivity contribution < 1.29 is 32.6 Å². The van der Waals surface area contributed by atoms with Gasteiger partial charge in [-0.2, -0.15) is 8.78 Å². The molecule has 0 aliphatic carbocycles. The van der Waals surface area contributed by atoms with Crippen molar-refractivity contribution in [2.75, 3.05) is 14.2 Å². The lowest BCUT2D eigenvalue weighted by Gasteiger charge is -2.11. The summed E-state index contributed by atoms with van der Waals surface area (Å²) < 4.78 is 37.9. The molecule has 0 radical (unpaired) electrons. The first-order valence-electron chi connectivity index (χ1n) is 5.70. The fourth-order valence-electron chi connectivity index (χ4n) is 1.54. The Kier molecular flexibility index (Phi) is 5.89. The van der Waals surface area contributed by atoms with E-state index in [1.165, 1.54) is 25.3 Å². The molecule has 1 rings (SSSR count). The number of carbonyl (C=O) groups excluding carboxylic acids is 2. The molecule has 0 saturated heterocycles. The average Bonchev–Trinajstić information content (AvgIpc) is 2.43. The van der Waals surface area contributed by atoms with Crippen molar-refractivity contribution in [3.05, 3.63) is 29.3 Å². The third-order valence-electron chi connectivity index (χ3n) is 2.51. The highest BCUT2D eigenvalue weighted by Crippen LogP contribution is 2.24. The van der Waals surface area contributed by atoms with Gasteiger partial charge in [-0.15, -0.1) is 0 Å². The van der Waals surface area contributed by atoms with E-state index in [2.05, 4.69) is 14.2 Å². The van der Waals surface area contributed by atoms with Gasteiger partial charge in [0.25, 0.3) is 0 Å². The predicted molar refractivity (Wildman–Crippen MR) is 64.8 cm³/mol. The van der Waals surface area contributed by atoms with Crippen molar-refractivity contribution in [2.24, 2.45) is 0 Å². The van der Waals surface area contributed by atoms with Gasteiger partial charge in [-0.3, -0.25) is 4.79 Å².